The third kappa shape index (κ3) is 2.76. The van der Waals surface area contributed by atoms with Gasteiger partial charge < -0.3 is 15.9 Å². The van der Waals surface area contributed by atoms with E-state index in [0.717, 1.165) is 0 Å². The molecule has 0 heterocycles. The third-order valence-corrected chi connectivity index (χ3v) is 1.72. The van der Waals surface area contributed by atoms with Crippen molar-refractivity contribution in [3.05, 3.63) is 29.8 Å². The van der Waals surface area contributed by atoms with Gasteiger partial charge in [0.05, 0.1) is 6.42 Å². The van der Waals surface area contributed by atoms with Crippen LogP contribution in [0.25, 0.3) is 0 Å². The molecule has 0 aromatic heterocycles. The van der Waals surface area contributed by atoms with Gasteiger partial charge in [-0.15, -0.1) is 0 Å². The van der Waals surface area contributed by atoms with Crippen LogP contribution in [0, 0.1) is 0 Å². The summed E-state index contributed by atoms with van der Waals surface area (Å²) in [6.45, 7) is 0. The fourth-order valence-corrected chi connectivity index (χ4v) is 1.03. The van der Waals surface area contributed by atoms with Crippen molar-refractivity contribution < 1.29 is 15.0 Å². The summed E-state index contributed by atoms with van der Waals surface area (Å²) in [5.41, 5.74) is 6.29. The molecule has 0 bridgehead atoms. The van der Waals surface area contributed by atoms with Crippen molar-refractivity contribution in [2.24, 2.45) is 5.73 Å². The maximum Gasteiger partial charge on any atom is 0.305 e. The molecule has 0 amide bonds. The quantitative estimate of drug-likeness (QED) is 0.646. The van der Waals surface area contributed by atoms with Gasteiger partial charge in [0.2, 0.25) is 0 Å². The molecule has 0 aliphatic heterocycles. The second kappa shape index (κ2) is 3.91. The minimum Gasteiger partial charge on any atom is -0.508 e. The molecular formula is C9H11NO3. The molecular weight excluding hydrogens is 170 g/mol. The number of hydrogen-bond donors (Lipinski definition) is 3. The van der Waals surface area contributed by atoms with Crippen LogP contribution in [0.5, 0.6) is 5.75 Å². The van der Waals surface area contributed by atoms with Gasteiger partial charge in [-0.25, -0.2) is 0 Å². The zero-order chi connectivity index (χ0) is 9.84. The maximum atomic E-state index is 10.3. The summed E-state index contributed by atoms with van der Waals surface area (Å²) < 4.78 is 0. The van der Waals surface area contributed by atoms with E-state index in [9.17, 15) is 4.79 Å². The number of nitrogens with two attached hydrogens (primary N) is 1. The van der Waals surface area contributed by atoms with Crippen molar-refractivity contribution >= 4 is 5.97 Å². The monoisotopic (exact) mass is 181 g/mol. The molecule has 70 valence electrons. The predicted octanol–water partition coefficient (Wildman–Crippen LogP) is 0.867. The Kier molecular flexibility index (Phi) is 2.87. The van der Waals surface area contributed by atoms with Crippen LogP contribution in [-0.4, -0.2) is 16.2 Å². The van der Waals surface area contributed by atoms with Gasteiger partial charge in [-0.1, -0.05) is 12.1 Å². The van der Waals surface area contributed by atoms with Gasteiger partial charge in [-0.05, 0) is 17.7 Å². The largest absolute Gasteiger partial charge is 0.508 e. The fourth-order valence-electron chi connectivity index (χ4n) is 1.03. The summed E-state index contributed by atoms with van der Waals surface area (Å²) in [6.07, 6.45) is -0.106. The van der Waals surface area contributed by atoms with Crippen molar-refractivity contribution in [1.82, 2.24) is 0 Å². The molecule has 0 fully saturated rings. The fraction of sp³-hybridized carbons (Fsp3) is 0.222. The van der Waals surface area contributed by atoms with Gasteiger partial charge in [0.15, 0.2) is 0 Å². The SMILES string of the molecule is NC(CC(=O)O)c1ccc(O)cc1. The Labute approximate surface area is 75.6 Å². The average Bonchev–Trinajstić information content (AvgIpc) is 2.04. The first kappa shape index (κ1) is 9.54. The normalized spacial score (nSPS) is 12.4. The lowest BCUT2D eigenvalue weighted by Crippen LogP contribution is -2.14. The molecule has 1 rings (SSSR count). The van der Waals surface area contributed by atoms with Crippen molar-refractivity contribution in [2.45, 2.75) is 12.5 Å². The zero-order valence-electron chi connectivity index (χ0n) is 6.97. The van der Waals surface area contributed by atoms with Gasteiger partial charge in [-0.3, -0.25) is 4.79 Å². The number of carbonyl (C=O) groups is 1. The first-order valence-electron chi connectivity index (χ1n) is 3.86. The highest BCUT2D eigenvalue weighted by atomic mass is 16.4. The number of phenolic OH excluding ortho intramolecular Hbond substituents is 1. The zero-order valence-corrected chi connectivity index (χ0v) is 6.97. The summed E-state index contributed by atoms with van der Waals surface area (Å²) in [4.78, 5) is 10.3. The van der Waals surface area contributed by atoms with Crippen LogP contribution >= 0.6 is 0 Å². The van der Waals surface area contributed by atoms with Gasteiger partial charge in [-0.2, -0.15) is 0 Å². The van der Waals surface area contributed by atoms with Gasteiger partial charge in [0, 0.05) is 6.04 Å². The Balaban J connectivity index is 2.71. The number of aromatic hydroxyl groups is 1. The lowest BCUT2D eigenvalue weighted by Gasteiger charge is -2.08. The number of carboxylic acid groups (broad SMARTS) is 1. The molecule has 4 N–H and O–H groups in total. The number of carboxylic acids is 1. The van der Waals surface area contributed by atoms with Gasteiger partial charge in [0.25, 0.3) is 0 Å². The van der Waals surface area contributed by atoms with E-state index in [1.807, 2.05) is 0 Å². The average molecular weight is 181 g/mol. The molecule has 1 aromatic carbocycles. The molecule has 0 aliphatic carbocycles. The van der Waals surface area contributed by atoms with Gasteiger partial charge >= 0.3 is 5.97 Å². The van der Waals surface area contributed by atoms with Crippen LogP contribution in [-0.2, 0) is 4.79 Å². The van der Waals surface area contributed by atoms with Crippen LogP contribution < -0.4 is 5.73 Å². The van der Waals surface area contributed by atoms with E-state index < -0.39 is 12.0 Å². The Bertz CT molecular complexity index is 294. The molecule has 1 unspecified atom stereocenters. The Hall–Kier alpha value is -1.55. The first-order chi connectivity index (χ1) is 6.09. The molecule has 0 radical (unpaired) electrons. The number of benzene rings is 1. The third-order valence-electron chi connectivity index (χ3n) is 1.72. The minimum atomic E-state index is -0.930. The van der Waals surface area contributed by atoms with E-state index in [2.05, 4.69) is 0 Å². The smallest absolute Gasteiger partial charge is 0.305 e. The number of phenols is 1. The van der Waals surface area contributed by atoms with Crippen LogP contribution in [0.1, 0.15) is 18.0 Å². The molecule has 4 heteroatoms. The van der Waals surface area contributed by atoms with Crippen LogP contribution in [0.15, 0.2) is 24.3 Å². The number of hydrogen-bond acceptors (Lipinski definition) is 3. The number of aliphatic carboxylic acids is 1. The highest BCUT2D eigenvalue weighted by Gasteiger charge is 2.09. The van der Waals surface area contributed by atoms with E-state index in [0.29, 0.717) is 5.56 Å². The first-order valence-corrected chi connectivity index (χ1v) is 3.86. The summed E-state index contributed by atoms with van der Waals surface area (Å²) >= 11 is 0. The summed E-state index contributed by atoms with van der Waals surface area (Å²) in [5, 5.41) is 17.4. The van der Waals surface area contributed by atoms with E-state index in [1.165, 1.54) is 12.1 Å². The maximum absolute atomic E-state index is 10.3. The predicted molar refractivity (Wildman–Crippen MR) is 47.3 cm³/mol. The van der Waals surface area contributed by atoms with Gasteiger partial charge in [0.1, 0.15) is 5.75 Å². The lowest BCUT2D eigenvalue weighted by molar-refractivity contribution is -0.137. The molecule has 0 spiro atoms. The van der Waals surface area contributed by atoms with E-state index >= 15 is 0 Å². The molecule has 0 saturated heterocycles. The molecule has 1 atom stereocenters. The van der Waals surface area contributed by atoms with Crippen LogP contribution in [0.2, 0.25) is 0 Å². The standard InChI is InChI=1S/C9H11NO3/c10-8(5-9(12)13)6-1-3-7(11)4-2-6/h1-4,8,11H,5,10H2,(H,12,13). The Morgan fingerprint density at radius 3 is 2.38 bits per heavy atom. The minimum absolute atomic E-state index is 0.106. The highest BCUT2D eigenvalue weighted by Crippen LogP contribution is 2.17. The van der Waals surface area contributed by atoms with Crippen molar-refractivity contribution in [3.63, 3.8) is 0 Å². The second-order valence-corrected chi connectivity index (χ2v) is 2.80. The summed E-state index contributed by atoms with van der Waals surface area (Å²) in [6, 6.07) is 5.68. The topological polar surface area (TPSA) is 83.6 Å². The molecule has 0 aliphatic rings. The van der Waals surface area contributed by atoms with Crippen molar-refractivity contribution in [2.75, 3.05) is 0 Å². The van der Waals surface area contributed by atoms with E-state index in [-0.39, 0.29) is 12.2 Å². The molecule has 4 nitrogen and oxygen atoms in total. The lowest BCUT2D eigenvalue weighted by atomic mass is 10.1. The molecule has 1 aromatic rings. The summed E-state index contributed by atoms with van der Waals surface area (Å²) in [5.74, 6) is -0.785. The van der Waals surface area contributed by atoms with Crippen LogP contribution in [0.3, 0.4) is 0 Å². The van der Waals surface area contributed by atoms with Crippen LogP contribution in [0.4, 0.5) is 0 Å². The Morgan fingerprint density at radius 1 is 1.38 bits per heavy atom. The van der Waals surface area contributed by atoms with E-state index in [4.69, 9.17) is 15.9 Å². The van der Waals surface area contributed by atoms with Crippen molar-refractivity contribution in [3.8, 4) is 5.75 Å². The summed E-state index contributed by atoms with van der Waals surface area (Å²) in [7, 11) is 0. The number of rotatable bonds is 3. The molecule has 0 saturated carbocycles. The second-order valence-electron chi connectivity index (χ2n) is 2.80. The Morgan fingerprint density at radius 2 is 1.92 bits per heavy atom. The highest BCUT2D eigenvalue weighted by molar-refractivity contribution is 5.67. The van der Waals surface area contributed by atoms with Crippen molar-refractivity contribution in [1.29, 1.82) is 0 Å². The molecule has 13 heavy (non-hydrogen) atoms. The van der Waals surface area contributed by atoms with E-state index in [1.54, 1.807) is 12.1 Å².